The van der Waals surface area contributed by atoms with E-state index in [9.17, 15) is 0 Å². The van der Waals surface area contributed by atoms with E-state index in [1.54, 1.807) is 0 Å². The van der Waals surface area contributed by atoms with E-state index in [1.807, 2.05) is 13.0 Å². The average Bonchev–Trinajstić information content (AvgIpc) is 2.66. The fourth-order valence-electron chi connectivity index (χ4n) is 3.65. The van der Waals surface area contributed by atoms with Crippen LogP contribution in [0.5, 0.6) is 0 Å². The van der Waals surface area contributed by atoms with Gasteiger partial charge in [0.25, 0.3) is 0 Å². The summed E-state index contributed by atoms with van der Waals surface area (Å²) in [7, 11) is 2.28. The smallest absolute Gasteiger partial charge is 0.134 e. The lowest BCUT2D eigenvalue weighted by atomic mass is 9.91. The minimum absolute atomic E-state index is 0.530. The third-order valence-electron chi connectivity index (χ3n) is 4.83. The molecular formula is C15H23ClN4. The van der Waals surface area contributed by atoms with E-state index in [-0.39, 0.29) is 0 Å². The van der Waals surface area contributed by atoms with E-state index in [2.05, 4.69) is 27.2 Å². The van der Waals surface area contributed by atoms with Crippen LogP contribution in [-0.4, -0.2) is 40.5 Å². The highest BCUT2D eigenvalue weighted by molar-refractivity contribution is 6.29. The van der Waals surface area contributed by atoms with Gasteiger partial charge in [-0.1, -0.05) is 18.5 Å². The van der Waals surface area contributed by atoms with Gasteiger partial charge in [0.2, 0.25) is 0 Å². The van der Waals surface area contributed by atoms with E-state index in [4.69, 9.17) is 11.6 Å². The van der Waals surface area contributed by atoms with Crippen LogP contribution in [0, 0.1) is 5.92 Å². The Bertz CT molecular complexity index is 465. The van der Waals surface area contributed by atoms with Crippen molar-refractivity contribution in [3.8, 4) is 0 Å². The van der Waals surface area contributed by atoms with Crippen LogP contribution in [0.25, 0.3) is 0 Å². The Morgan fingerprint density at radius 2 is 2.00 bits per heavy atom. The molecule has 20 heavy (non-hydrogen) atoms. The van der Waals surface area contributed by atoms with E-state index in [0.717, 1.165) is 42.6 Å². The molecule has 0 aromatic carbocycles. The first-order valence-corrected chi connectivity index (χ1v) is 8.02. The molecule has 0 amide bonds. The molecule has 110 valence electrons. The van der Waals surface area contributed by atoms with Crippen molar-refractivity contribution in [3.63, 3.8) is 0 Å². The normalized spacial score (nSPS) is 29.6. The highest BCUT2D eigenvalue weighted by Crippen LogP contribution is 2.37. The third-order valence-corrected chi connectivity index (χ3v) is 5.02. The molecule has 1 N–H and O–H groups in total. The maximum absolute atomic E-state index is 6.03. The van der Waals surface area contributed by atoms with Crippen molar-refractivity contribution < 1.29 is 0 Å². The van der Waals surface area contributed by atoms with E-state index >= 15 is 0 Å². The molecule has 1 aromatic rings. The van der Waals surface area contributed by atoms with Crippen LogP contribution in [0.4, 0.5) is 5.82 Å². The van der Waals surface area contributed by atoms with E-state index in [1.165, 1.54) is 25.7 Å². The topological polar surface area (TPSA) is 41.1 Å². The van der Waals surface area contributed by atoms with Gasteiger partial charge in [-0.15, -0.1) is 0 Å². The Labute approximate surface area is 125 Å². The van der Waals surface area contributed by atoms with Gasteiger partial charge in [-0.3, -0.25) is 0 Å². The van der Waals surface area contributed by atoms with Gasteiger partial charge in [-0.25, -0.2) is 9.97 Å². The SMILES string of the molecule is CCc1nc(Cl)cc(NCC2CC3CCC(C2)N3C)n1. The molecular weight excluding hydrogens is 272 g/mol. The molecule has 3 rings (SSSR count). The molecule has 2 unspecified atom stereocenters. The minimum atomic E-state index is 0.530. The van der Waals surface area contributed by atoms with E-state index in [0.29, 0.717) is 5.15 Å². The summed E-state index contributed by atoms with van der Waals surface area (Å²) < 4.78 is 0. The number of aromatic nitrogens is 2. The zero-order valence-electron chi connectivity index (χ0n) is 12.3. The maximum Gasteiger partial charge on any atom is 0.134 e. The average molecular weight is 295 g/mol. The fraction of sp³-hybridized carbons (Fsp3) is 0.733. The number of aryl methyl sites for hydroxylation is 1. The Kier molecular flexibility index (Phi) is 4.13. The molecule has 0 radical (unpaired) electrons. The Hall–Kier alpha value is -0.870. The van der Waals surface area contributed by atoms with Gasteiger partial charge in [0.1, 0.15) is 16.8 Å². The quantitative estimate of drug-likeness (QED) is 0.867. The van der Waals surface area contributed by atoms with Gasteiger partial charge in [-0.2, -0.15) is 0 Å². The second-order valence-corrected chi connectivity index (χ2v) is 6.50. The molecule has 0 aliphatic carbocycles. The summed E-state index contributed by atoms with van der Waals surface area (Å²) in [5.74, 6) is 2.43. The van der Waals surface area contributed by atoms with Gasteiger partial charge in [-0.05, 0) is 38.6 Å². The molecule has 2 saturated heterocycles. The number of hydrogen-bond acceptors (Lipinski definition) is 4. The zero-order valence-corrected chi connectivity index (χ0v) is 13.0. The summed E-state index contributed by atoms with van der Waals surface area (Å²) in [5, 5.41) is 3.99. The largest absolute Gasteiger partial charge is 0.370 e. The second-order valence-electron chi connectivity index (χ2n) is 6.11. The van der Waals surface area contributed by atoms with Crippen molar-refractivity contribution in [3.05, 3.63) is 17.0 Å². The van der Waals surface area contributed by atoms with Crippen LogP contribution in [0.2, 0.25) is 5.15 Å². The van der Waals surface area contributed by atoms with Crippen LogP contribution in [-0.2, 0) is 6.42 Å². The van der Waals surface area contributed by atoms with Crippen LogP contribution in [0.1, 0.15) is 38.4 Å². The number of fused-ring (bicyclic) bond motifs is 2. The number of anilines is 1. The number of rotatable bonds is 4. The number of nitrogens with one attached hydrogen (secondary N) is 1. The summed E-state index contributed by atoms with van der Waals surface area (Å²) >= 11 is 6.03. The highest BCUT2D eigenvalue weighted by Gasteiger charge is 2.38. The number of halogens is 1. The van der Waals surface area contributed by atoms with Crippen LogP contribution < -0.4 is 5.32 Å². The monoisotopic (exact) mass is 294 g/mol. The molecule has 3 heterocycles. The lowest BCUT2D eigenvalue weighted by Gasteiger charge is -2.36. The van der Waals surface area contributed by atoms with Gasteiger partial charge >= 0.3 is 0 Å². The van der Waals surface area contributed by atoms with Crippen molar-refractivity contribution in [2.75, 3.05) is 18.9 Å². The summed E-state index contributed by atoms with van der Waals surface area (Å²) in [6.45, 7) is 3.04. The predicted octanol–water partition coefficient (Wildman–Crippen LogP) is 2.98. The molecule has 5 heteroatoms. The van der Waals surface area contributed by atoms with Gasteiger partial charge in [0, 0.05) is 31.1 Å². The summed E-state index contributed by atoms with van der Waals surface area (Å²) in [6, 6.07) is 3.41. The van der Waals surface area contributed by atoms with Crippen molar-refractivity contribution >= 4 is 17.4 Å². The van der Waals surface area contributed by atoms with Crippen LogP contribution in [0.15, 0.2) is 6.07 Å². The Morgan fingerprint density at radius 1 is 1.30 bits per heavy atom. The maximum atomic E-state index is 6.03. The van der Waals surface area contributed by atoms with E-state index < -0.39 is 0 Å². The summed E-state index contributed by atoms with van der Waals surface area (Å²) in [5.41, 5.74) is 0. The first-order valence-electron chi connectivity index (χ1n) is 7.65. The molecule has 2 atom stereocenters. The van der Waals surface area contributed by atoms with Gasteiger partial charge in [0.05, 0.1) is 0 Å². The summed E-state index contributed by atoms with van der Waals surface area (Å²) in [4.78, 5) is 11.3. The van der Waals surface area contributed by atoms with Gasteiger partial charge < -0.3 is 10.2 Å². The lowest BCUT2D eigenvalue weighted by molar-refractivity contribution is 0.139. The van der Waals surface area contributed by atoms with Crippen molar-refractivity contribution in [2.45, 2.75) is 51.1 Å². The standard InChI is InChI=1S/C15H23ClN4/c1-3-14-18-13(16)8-15(19-14)17-9-10-6-11-4-5-12(7-10)20(11)2/h8,10-12H,3-7,9H2,1-2H3,(H,17,18,19). The number of nitrogens with zero attached hydrogens (tertiary/aromatic N) is 3. The van der Waals surface area contributed by atoms with Crippen molar-refractivity contribution in [1.29, 1.82) is 0 Å². The fourth-order valence-corrected chi connectivity index (χ4v) is 3.85. The molecule has 2 fully saturated rings. The lowest BCUT2D eigenvalue weighted by Crippen LogP contribution is -2.41. The third kappa shape index (κ3) is 2.91. The Balaban J connectivity index is 1.59. The first kappa shape index (κ1) is 14.1. The zero-order chi connectivity index (χ0) is 14.1. The molecule has 4 nitrogen and oxygen atoms in total. The van der Waals surface area contributed by atoms with Crippen LogP contribution in [0.3, 0.4) is 0 Å². The number of hydrogen-bond donors (Lipinski definition) is 1. The molecule has 2 aliphatic rings. The molecule has 2 aliphatic heterocycles. The predicted molar refractivity (Wildman–Crippen MR) is 82.2 cm³/mol. The van der Waals surface area contributed by atoms with Gasteiger partial charge in [0.15, 0.2) is 0 Å². The molecule has 1 aromatic heterocycles. The minimum Gasteiger partial charge on any atom is -0.370 e. The summed E-state index contributed by atoms with van der Waals surface area (Å²) in [6.07, 6.45) is 6.17. The van der Waals surface area contributed by atoms with Crippen LogP contribution >= 0.6 is 11.6 Å². The Morgan fingerprint density at radius 3 is 2.65 bits per heavy atom. The first-order chi connectivity index (χ1) is 9.65. The molecule has 2 bridgehead atoms. The van der Waals surface area contributed by atoms with Crippen molar-refractivity contribution in [2.24, 2.45) is 5.92 Å². The number of piperidine rings is 1. The molecule has 0 saturated carbocycles. The van der Waals surface area contributed by atoms with Crippen molar-refractivity contribution in [1.82, 2.24) is 14.9 Å². The second kappa shape index (κ2) is 5.86. The molecule has 0 spiro atoms. The highest BCUT2D eigenvalue weighted by atomic mass is 35.5.